The van der Waals surface area contributed by atoms with Gasteiger partial charge in [0.25, 0.3) is 10.2 Å². The maximum absolute atomic E-state index is 12.8. The number of hydrogen-bond donors (Lipinski definition) is 0. The van der Waals surface area contributed by atoms with Crippen molar-refractivity contribution in [3.05, 3.63) is 0 Å². The Balaban J connectivity index is 1.73. The summed E-state index contributed by atoms with van der Waals surface area (Å²) >= 11 is 0. The van der Waals surface area contributed by atoms with Crippen molar-refractivity contribution in [3.63, 3.8) is 0 Å². The van der Waals surface area contributed by atoms with Gasteiger partial charge < -0.3 is 4.74 Å². The summed E-state index contributed by atoms with van der Waals surface area (Å²) < 4.78 is 34.4. The first kappa shape index (κ1) is 14.8. The van der Waals surface area contributed by atoms with Crippen LogP contribution in [0.2, 0.25) is 0 Å². The van der Waals surface area contributed by atoms with Crippen LogP contribution in [0.15, 0.2) is 0 Å². The Morgan fingerprint density at radius 3 is 2.25 bits per heavy atom. The summed E-state index contributed by atoms with van der Waals surface area (Å²) in [6, 6.07) is 0.253. The first-order valence-corrected chi connectivity index (χ1v) is 9.44. The molecule has 0 aromatic heterocycles. The van der Waals surface area contributed by atoms with Crippen LogP contribution in [0.5, 0.6) is 0 Å². The largest absolute Gasteiger partial charge is 0.379 e. The monoisotopic (exact) mass is 302 g/mol. The van der Waals surface area contributed by atoms with Gasteiger partial charge in [-0.25, -0.2) is 0 Å². The zero-order valence-corrected chi connectivity index (χ0v) is 13.0. The van der Waals surface area contributed by atoms with Crippen molar-refractivity contribution in [2.75, 3.05) is 32.8 Å². The molecule has 3 fully saturated rings. The zero-order valence-electron chi connectivity index (χ0n) is 12.2. The Morgan fingerprint density at radius 1 is 0.850 bits per heavy atom. The highest BCUT2D eigenvalue weighted by molar-refractivity contribution is 7.86. The van der Waals surface area contributed by atoms with Crippen LogP contribution in [0.4, 0.5) is 0 Å². The maximum Gasteiger partial charge on any atom is 0.282 e. The van der Waals surface area contributed by atoms with Crippen LogP contribution < -0.4 is 0 Å². The molecule has 0 N–H and O–H groups in total. The molecule has 2 aliphatic heterocycles. The van der Waals surface area contributed by atoms with Gasteiger partial charge in [0.15, 0.2) is 0 Å². The minimum Gasteiger partial charge on any atom is -0.379 e. The standard InChI is InChI=1S/C14H26N2O3S/c17-20(18,15-9-11-19-12-10-15)16-8-4-7-14(16)13-5-2-1-3-6-13/h13-14H,1-12H2. The number of morpholine rings is 1. The van der Waals surface area contributed by atoms with Crippen LogP contribution in [0.25, 0.3) is 0 Å². The molecule has 6 heteroatoms. The van der Waals surface area contributed by atoms with Crippen molar-refractivity contribution in [1.82, 2.24) is 8.61 Å². The topological polar surface area (TPSA) is 49.9 Å². The van der Waals surface area contributed by atoms with E-state index in [9.17, 15) is 8.42 Å². The van der Waals surface area contributed by atoms with E-state index >= 15 is 0 Å². The fourth-order valence-electron chi connectivity index (χ4n) is 3.97. The predicted octanol–water partition coefficient (Wildman–Crippen LogP) is 1.61. The lowest BCUT2D eigenvalue weighted by atomic mass is 9.83. The van der Waals surface area contributed by atoms with E-state index in [-0.39, 0.29) is 6.04 Å². The fourth-order valence-corrected chi connectivity index (χ4v) is 5.85. The molecule has 2 saturated heterocycles. The second-order valence-electron chi connectivity index (χ2n) is 6.24. The van der Waals surface area contributed by atoms with Crippen LogP contribution in [-0.4, -0.2) is 55.9 Å². The third-order valence-corrected chi connectivity index (χ3v) is 7.10. The molecule has 3 aliphatic rings. The molecule has 0 radical (unpaired) electrons. The lowest BCUT2D eigenvalue weighted by Crippen LogP contribution is -2.51. The van der Waals surface area contributed by atoms with E-state index in [2.05, 4.69) is 0 Å². The average molecular weight is 302 g/mol. The molecule has 2 heterocycles. The van der Waals surface area contributed by atoms with Crippen LogP contribution in [0.1, 0.15) is 44.9 Å². The van der Waals surface area contributed by atoms with Gasteiger partial charge in [0.05, 0.1) is 13.2 Å². The van der Waals surface area contributed by atoms with E-state index in [4.69, 9.17) is 4.74 Å². The van der Waals surface area contributed by atoms with Crippen molar-refractivity contribution in [2.45, 2.75) is 51.0 Å². The predicted molar refractivity (Wildman–Crippen MR) is 77.6 cm³/mol. The van der Waals surface area contributed by atoms with E-state index in [0.29, 0.717) is 38.8 Å². The quantitative estimate of drug-likeness (QED) is 0.796. The van der Waals surface area contributed by atoms with E-state index in [1.54, 1.807) is 4.31 Å². The molecule has 1 saturated carbocycles. The summed E-state index contributed by atoms with van der Waals surface area (Å²) in [5, 5.41) is 0. The van der Waals surface area contributed by atoms with Crippen LogP contribution >= 0.6 is 0 Å². The number of nitrogens with zero attached hydrogens (tertiary/aromatic N) is 2. The fraction of sp³-hybridized carbons (Fsp3) is 1.00. The summed E-state index contributed by atoms with van der Waals surface area (Å²) in [5.74, 6) is 0.585. The number of ether oxygens (including phenoxy) is 1. The lowest BCUT2D eigenvalue weighted by molar-refractivity contribution is 0.0689. The van der Waals surface area contributed by atoms with Gasteiger partial charge in [0, 0.05) is 25.7 Å². The van der Waals surface area contributed by atoms with Crippen molar-refractivity contribution in [1.29, 1.82) is 0 Å². The van der Waals surface area contributed by atoms with Crippen molar-refractivity contribution >= 4 is 10.2 Å². The minimum absolute atomic E-state index is 0.253. The summed E-state index contributed by atoms with van der Waals surface area (Å²) in [7, 11) is -3.27. The molecular weight excluding hydrogens is 276 g/mol. The van der Waals surface area contributed by atoms with Gasteiger partial charge in [-0.2, -0.15) is 17.0 Å². The Hall–Kier alpha value is -0.170. The van der Waals surface area contributed by atoms with Gasteiger partial charge in [-0.3, -0.25) is 0 Å². The van der Waals surface area contributed by atoms with E-state index in [0.717, 1.165) is 12.8 Å². The van der Waals surface area contributed by atoms with Gasteiger partial charge in [0.1, 0.15) is 0 Å². The Kier molecular flexibility index (Phi) is 4.65. The highest BCUT2D eigenvalue weighted by Gasteiger charge is 2.41. The molecule has 5 nitrogen and oxygen atoms in total. The molecule has 20 heavy (non-hydrogen) atoms. The molecule has 3 rings (SSSR count). The summed E-state index contributed by atoms with van der Waals surface area (Å²) in [5.41, 5.74) is 0. The molecular formula is C14H26N2O3S. The molecule has 0 aromatic carbocycles. The molecule has 0 amide bonds. The molecule has 116 valence electrons. The van der Waals surface area contributed by atoms with Gasteiger partial charge in [-0.05, 0) is 31.6 Å². The molecule has 0 bridgehead atoms. The minimum atomic E-state index is -3.27. The third kappa shape index (κ3) is 2.89. The normalized spacial score (nSPS) is 31.7. The van der Waals surface area contributed by atoms with Crippen LogP contribution in [-0.2, 0) is 14.9 Å². The second-order valence-corrected chi connectivity index (χ2v) is 8.12. The molecule has 1 aliphatic carbocycles. The van der Waals surface area contributed by atoms with E-state index < -0.39 is 10.2 Å². The first-order chi connectivity index (χ1) is 9.69. The molecule has 1 atom stereocenters. The summed E-state index contributed by atoms with van der Waals surface area (Å²) in [6.07, 6.45) is 8.34. The highest BCUT2D eigenvalue weighted by Crippen LogP contribution is 2.36. The number of hydrogen-bond acceptors (Lipinski definition) is 3. The molecule has 1 unspecified atom stereocenters. The first-order valence-electron chi connectivity index (χ1n) is 8.04. The van der Waals surface area contributed by atoms with E-state index in [1.807, 2.05) is 4.31 Å². The average Bonchev–Trinajstić information content (AvgIpc) is 2.99. The van der Waals surface area contributed by atoms with Gasteiger partial charge in [0.2, 0.25) is 0 Å². The van der Waals surface area contributed by atoms with Crippen molar-refractivity contribution in [3.8, 4) is 0 Å². The molecule has 0 aromatic rings. The zero-order chi connectivity index (χ0) is 14.0. The van der Waals surface area contributed by atoms with Crippen LogP contribution in [0, 0.1) is 5.92 Å². The second kappa shape index (κ2) is 6.30. The van der Waals surface area contributed by atoms with Crippen molar-refractivity contribution in [2.24, 2.45) is 5.92 Å². The third-order valence-electron chi connectivity index (χ3n) is 5.03. The SMILES string of the molecule is O=S(=O)(N1CCOCC1)N1CCCC1C1CCCCC1. The van der Waals surface area contributed by atoms with Gasteiger partial charge >= 0.3 is 0 Å². The lowest BCUT2D eigenvalue weighted by Gasteiger charge is -2.37. The number of rotatable bonds is 3. The van der Waals surface area contributed by atoms with Crippen LogP contribution in [0.3, 0.4) is 0 Å². The summed E-state index contributed by atoms with van der Waals surface area (Å²) in [4.78, 5) is 0. The highest BCUT2D eigenvalue weighted by atomic mass is 32.2. The van der Waals surface area contributed by atoms with Gasteiger partial charge in [-0.15, -0.1) is 0 Å². The van der Waals surface area contributed by atoms with Crippen molar-refractivity contribution < 1.29 is 13.2 Å². The Labute approximate surface area is 122 Å². The van der Waals surface area contributed by atoms with E-state index in [1.165, 1.54) is 32.1 Å². The summed E-state index contributed by atoms with van der Waals surface area (Å²) in [6.45, 7) is 2.79. The molecule has 0 spiro atoms. The Morgan fingerprint density at radius 2 is 1.55 bits per heavy atom. The van der Waals surface area contributed by atoms with Gasteiger partial charge in [-0.1, -0.05) is 19.3 Å². The maximum atomic E-state index is 12.8. The Bertz CT molecular complexity index is 414. The smallest absolute Gasteiger partial charge is 0.282 e.